The molecule has 0 aliphatic carbocycles. The van der Waals surface area contributed by atoms with E-state index in [-0.39, 0.29) is 75.6 Å². The van der Waals surface area contributed by atoms with Crippen molar-refractivity contribution in [3.8, 4) is 0 Å². The molecule has 35 heavy (non-hydrogen) atoms. The van der Waals surface area contributed by atoms with Gasteiger partial charge >= 0.3 is 0 Å². The van der Waals surface area contributed by atoms with E-state index in [0.717, 1.165) is 11.1 Å². The van der Waals surface area contributed by atoms with Crippen LogP contribution in [0.5, 0.6) is 0 Å². The molecule has 0 saturated carbocycles. The minimum Gasteiger partial charge on any atom is -0.379 e. The van der Waals surface area contributed by atoms with Crippen molar-refractivity contribution in [2.45, 2.75) is 23.6 Å². The first-order chi connectivity index (χ1) is 16.7. The van der Waals surface area contributed by atoms with Crippen LogP contribution in [-0.2, 0) is 34.3 Å². The topological polar surface area (TPSA) is 102 Å². The van der Waals surface area contributed by atoms with Crippen LogP contribution in [0.25, 0.3) is 0 Å². The van der Waals surface area contributed by atoms with E-state index in [0.29, 0.717) is 0 Å². The highest BCUT2D eigenvalue weighted by molar-refractivity contribution is 7.89. The second-order valence-corrected chi connectivity index (χ2v) is 12.1. The SMILES string of the molecule is Cc1ccc(S(=O)(=O)N2CCOCCOCCN(S(=O)(=O)c3ccc(C)cc3)CCOCC2)cc1. The molecule has 0 spiro atoms. The van der Waals surface area contributed by atoms with Crippen LogP contribution >= 0.6 is 0 Å². The first kappa shape index (κ1) is 27.7. The Morgan fingerprint density at radius 3 is 1.11 bits per heavy atom. The molecule has 9 nitrogen and oxygen atoms in total. The van der Waals surface area contributed by atoms with Gasteiger partial charge in [0.25, 0.3) is 0 Å². The minimum atomic E-state index is -3.73. The number of benzene rings is 2. The summed E-state index contributed by atoms with van der Waals surface area (Å²) < 4.78 is 72.1. The molecule has 194 valence electrons. The first-order valence-corrected chi connectivity index (χ1v) is 14.5. The molecular weight excluding hydrogens is 492 g/mol. The standard InChI is InChI=1S/C24H34N2O7S2/c1-21-3-7-23(8-4-21)34(27,28)25-11-15-31-16-12-26(14-18-33-20-19-32-17-13-25)35(29,30)24-9-5-22(2)6-10-24/h3-10H,11-20H2,1-2H3. The van der Waals surface area contributed by atoms with Gasteiger partial charge in [0.15, 0.2) is 0 Å². The molecule has 0 unspecified atom stereocenters. The van der Waals surface area contributed by atoms with Gasteiger partial charge in [0.05, 0.1) is 49.4 Å². The molecular formula is C24H34N2O7S2. The van der Waals surface area contributed by atoms with Gasteiger partial charge in [0, 0.05) is 26.2 Å². The van der Waals surface area contributed by atoms with Crippen molar-refractivity contribution < 1.29 is 31.0 Å². The van der Waals surface area contributed by atoms with E-state index < -0.39 is 20.0 Å². The number of ether oxygens (including phenoxy) is 3. The van der Waals surface area contributed by atoms with Gasteiger partial charge < -0.3 is 14.2 Å². The Kier molecular flexibility index (Phi) is 10.2. The van der Waals surface area contributed by atoms with E-state index in [9.17, 15) is 16.8 Å². The maximum absolute atomic E-state index is 13.2. The zero-order chi connectivity index (χ0) is 25.3. The van der Waals surface area contributed by atoms with Crippen LogP contribution in [0.1, 0.15) is 11.1 Å². The van der Waals surface area contributed by atoms with E-state index in [1.807, 2.05) is 13.8 Å². The Balaban J connectivity index is 1.69. The maximum Gasteiger partial charge on any atom is 0.243 e. The summed E-state index contributed by atoms with van der Waals surface area (Å²) in [6, 6.07) is 13.4. The summed E-state index contributed by atoms with van der Waals surface area (Å²) in [7, 11) is -7.46. The maximum atomic E-state index is 13.2. The highest BCUT2D eigenvalue weighted by Crippen LogP contribution is 2.18. The van der Waals surface area contributed by atoms with E-state index in [2.05, 4.69) is 0 Å². The lowest BCUT2D eigenvalue weighted by molar-refractivity contribution is 0.0421. The summed E-state index contributed by atoms with van der Waals surface area (Å²) in [5, 5.41) is 0. The van der Waals surface area contributed by atoms with Crippen LogP contribution in [0.2, 0.25) is 0 Å². The minimum absolute atomic E-state index is 0.125. The van der Waals surface area contributed by atoms with Crippen molar-refractivity contribution in [2.24, 2.45) is 0 Å². The summed E-state index contributed by atoms with van der Waals surface area (Å²) >= 11 is 0. The summed E-state index contributed by atoms with van der Waals surface area (Å²) in [6.07, 6.45) is 0. The third-order valence-electron chi connectivity index (χ3n) is 5.63. The van der Waals surface area contributed by atoms with Crippen molar-refractivity contribution >= 4 is 20.0 Å². The lowest BCUT2D eigenvalue weighted by atomic mass is 10.2. The van der Waals surface area contributed by atoms with Crippen molar-refractivity contribution in [1.29, 1.82) is 0 Å². The first-order valence-electron chi connectivity index (χ1n) is 11.6. The van der Waals surface area contributed by atoms with Gasteiger partial charge in [-0.1, -0.05) is 35.4 Å². The molecule has 2 aromatic rings. The van der Waals surface area contributed by atoms with Crippen molar-refractivity contribution in [3.05, 3.63) is 59.7 Å². The average molecular weight is 527 g/mol. The Labute approximate surface area is 208 Å². The van der Waals surface area contributed by atoms with Crippen LogP contribution < -0.4 is 0 Å². The molecule has 2 aromatic carbocycles. The van der Waals surface area contributed by atoms with Gasteiger partial charge in [-0.15, -0.1) is 0 Å². The van der Waals surface area contributed by atoms with Crippen LogP contribution in [0, 0.1) is 13.8 Å². The fourth-order valence-corrected chi connectivity index (χ4v) is 6.33. The molecule has 3 rings (SSSR count). The molecule has 1 aliphatic heterocycles. The molecule has 1 aliphatic rings. The number of hydrogen-bond donors (Lipinski definition) is 0. The lowest BCUT2D eigenvalue weighted by Gasteiger charge is -2.23. The molecule has 1 saturated heterocycles. The predicted molar refractivity (Wildman–Crippen MR) is 132 cm³/mol. The van der Waals surface area contributed by atoms with Crippen LogP contribution in [0.15, 0.2) is 58.3 Å². The summed E-state index contributed by atoms with van der Waals surface area (Å²) in [5.41, 5.74) is 1.94. The van der Waals surface area contributed by atoms with E-state index in [1.54, 1.807) is 48.5 Å². The fourth-order valence-electron chi connectivity index (χ4n) is 3.51. The predicted octanol–water partition coefficient (Wildman–Crippen LogP) is 2.05. The molecule has 0 bridgehead atoms. The molecule has 1 fully saturated rings. The molecule has 0 aromatic heterocycles. The van der Waals surface area contributed by atoms with E-state index in [4.69, 9.17) is 14.2 Å². The second kappa shape index (κ2) is 12.9. The molecule has 1 heterocycles. The van der Waals surface area contributed by atoms with E-state index in [1.165, 1.54) is 8.61 Å². The third kappa shape index (κ3) is 7.81. The van der Waals surface area contributed by atoms with Gasteiger partial charge in [0.2, 0.25) is 20.0 Å². The number of aryl methyl sites for hydroxylation is 2. The second-order valence-electron chi connectivity index (χ2n) is 8.27. The summed E-state index contributed by atoms with van der Waals surface area (Å²) in [5.74, 6) is 0. The van der Waals surface area contributed by atoms with Crippen molar-refractivity contribution in [3.63, 3.8) is 0 Å². The summed E-state index contributed by atoms with van der Waals surface area (Å²) in [6.45, 7) is 5.62. The average Bonchev–Trinajstić information content (AvgIpc) is 2.83. The van der Waals surface area contributed by atoms with Crippen molar-refractivity contribution in [1.82, 2.24) is 8.61 Å². The Hall–Kier alpha value is -1.86. The highest BCUT2D eigenvalue weighted by Gasteiger charge is 2.26. The number of nitrogens with zero attached hydrogens (tertiary/aromatic N) is 2. The molecule has 11 heteroatoms. The van der Waals surface area contributed by atoms with Crippen molar-refractivity contribution in [2.75, 3.05) is 65.8 Å². The number of rotatable bonds is 4. The number of sulfonamides is 2. The van der Waals surface area contributed by atoms with Gasteiger partial charge in [-0.05, 0) is 38.1 Å². The highest BCUT2D eigenvalue weighted by atomic mass is 32.2. The van der Waals surface area contributed by atoms with Gasteiger partial charge in [-0.25, -0.2) is 16.8 Å². The van der Waals surface area contributed by atoms with Crippen LogP contribution in [0.3, 0.4) is 0 Å². The fraction of sp³-hybridized carbons (Fsp3) is 0.500. The molecule has 0 radical (unpaired) electrons. The number of hydrogen-bond acceptors (Lipinski definition) is 7. The quantitative estimate of drug-likeness (QED) is 0.601. The van der Waals surface area contributed by atoms with Gasteiger partial charge in [-0.2, -0.15) is 8.61 Å². The zero-order valence-corrected chi connectivity index (χ0v) is 21.9. The monoisotopic (exact) mass is 526 g/mol. The molecule has 0 atom stereocenters. The van der Waals surface area contributed by atoms with Gasteiger partial charge in [0.1, 0.15) is 0 Å². The smallest absolute Gasteiger partial charge is 0.243 e. The Morgan fingerprint density at radius 1 is 0.514 bits per heavy atom. The third-order valence-corrected chi connectivity index (χ3v) is 9.46. The van der Waals surface area contributed by atoms with Gasteiger partial charge in [-0.3, -0.25) is 0 Å². The zero-order valence-electron chi connectivity index (χ0n) is 20.3. The van der Waals surface area contributed by atoms with Crippen LogP contribution in [-0.4, -0.2) is 91.3 Å². The lowest BCUT2D eigenvalue weighted by Crippen LogP contribution is -2.38. The summed E-state index contributed by atoms with van der Waals surface area (Å²) in [4.78, 5) is 0.416. The Morgan fingerprint density at radius 2 is 0.800 bits per heavy atom. The van der Waals surface area contributed by atoms with E-state index >= 15 is 0 Å². The normalized spacial score (nSPS) is 19.0. The largest absolute Gasteiger partial charge is 0.379 e. The van der Waals surface area contributed by atoms with Crippen LogP contribution in [0.4, 0.5) is 0 Å². The molecule has 0 amide bonds. The molecule has 0 N–H and O–H groups in total. The Bertz CT molecular complexity index is 1040.